The van der Waals surface area contributed by atoms with E-state index in [0.29, 0.717) is 25.3 Å². The summed E-state index contributed by atoms with van der Waals surface area (Å²) in [6.45, 7) is 4.02. The van der Waals surface area contributed by atoms with Gasteiger partial charge in [0.05, 0.1) is 24.8 Å². The number of carbonyl (C=O) groups excluding carboxylic acids is 1. The Morgan fingerprint density at radius 1 is 1.29 bits per heavy atom. The highest BCUT2D eigenvalue weighted by atomic mass is 16.5. The maximum absolute atomic E-state index is 12.6. The van der Waals surface area contributed by atoms with E-state index in [-0.39, 0.29) is 12.3 Å². The summed E-state index contributed by atoms with van der Waals surface area (Å²) < 4.78 is 5.41. The second kappa shape index (κ2) is 7.00. The van der Waals surface area contributed by atoms with E-state index in [0.717, 1.165) is 24.4 Å². The molecule has 1 N–H and O–H groups in total. The summed E-state index contributed by atoms with van der Waals surface area (Å²) in [6, 6.07) is 7.38. The molecule has 0 saturated carbocycles. The number of carbonyl (C=O) groups is 2. The molecule has 2 heterocycles. The fraction of sp³-hybridized carbons (Fsp3) is 0.471. The molecule has 0 spiro atoms. The molecule has 0 aromatic heterocycles. The van der Waals surface area contributed by atoms with Crippen molar-refractivity contribution in [1.82, 2.24) is 4.90 Å². The van der Waals surface area contributed by atoms with Gasteiger partial charge in [-0.3, -0.25) is 14.6 Å². The van der Waals surface area contributed by atoms with Crippen molar-refractivity contribution in [3.63, 3.8) is 0 Å². The first-order chi connectivity index (χ1) is 11.5. The molecule has 1 unspecified atom stereocenters. The van der Waals surface area contributed by atoms with E-state index in [2.05, 4.69) is 5.10 Å². The summed E-state index contributed by atoms with van der Waals surface area (Å²) in [4.78, 5) is 25.1. The number of ether oxygens (including phenoxy) is 1. The fourth-order valence-electron chi connectivity index (χ4n) is 2.94. The lowest BCUT2D eigenvalue weighted by Crippen LogP contribution is -2.46. The van der Waals surface area contributed by atoms with E-state index >= 15 is 0 Å². The van der Waals surface area contributed by atoms with E-state index in [9.17, 15) is 9.59 Å². The number of hydrogen-bond acceptors (Lipinski definition) is 5. The van der Waals surface area contributed by atoms with Gasteiger partial charge in [0.25, 0.3) is 5.91 Å². The molecular weight excluding hydrogens is 310 g/mol. The smallest absolute Gasteiger partial charge is 0.306 e. The van der Waals surface area contributed by atoms with Crippen LogP contribution in [-0.2, 0) is 9.53 Å². The van der Waals surface area contributed by atoms with Crippen LogP contribution in [0.2, 0.25) is 0 Å². The Kier molecular flexibility index (Phi) is 4.80. The van der Waals surface area contributed by atoms with Crippen molar-refractivity contribution in [3.05, 3.63) is 29.8 Å². The zero-order valence-corrected chi connectivity index (χ0v) is 13.6. The average molecular weight is 331 g/mol. The Hall–Kier alpha value is -2.41. The molecule has 2 aliphatic rings. The quantitative estimate of drug-likeness (QED) is 0.906. The van der Waals surface area contributed by atoms with Crippen LogP contribution in [0.4, 0.5) is 5.69 Å². The maximum atomic E-state index is 12.6. The van der Waals surface area contributed by atoms with Crippen LogP contribution in [-0.4, -0.2) is 59.9 Å². The van der Waals surface area contributed by atoms with Crippen LogP contribution in [0.5, 0.6) is 0 Å². The highest BCUT2D eigenvalue weighted by Crippen LogP contribution is 2.21. The van der Waals surface area contributed by atoms with Gasteiger partial charge in [-0.25, -0.2) is 0 Å². The molecule has 0 aliphatic carbocycles. The number of morpholine rings is 1. The van der Waals surface area contributed by atoms with Gasteiger partial charge in [-0.05, 0) is 31.2 Å². The first-order valence-corrected chi connectivity index (χ1v) is 8.07. The van der Waals surface area contributed by atoms with Gasteiger partial charge in [0.1, 0.15) is 0 Å². The van der Waals surface area contributed by atoms with Crippen molar-refractivity contribution in [2.45, 2.75) is 25.9 Å². The third-order valence-electron chi connectivity index (χ3n) is 4.22. The fourth-order valence-corrected chi connectivity index (χ4v) is 2.94. The van der Waals surface area contributed by atoms with Crippen molar-refractivity contribution < 1.29 is 19.4 Å². The van der Waals surface area contributed by atoms with E-state index in [1.165, 1.54) is 0 Å². The van der Waals surface area contributed by atoms with E-state index < -0.39 is 12.1 Å². The minimum absolute atomic E-state index is 0.0883. The molecule has 1 aromatic carbocycles. The molecule has 128 valence electrons. The normalized spacial score (nSPS) is 20.9. The number of carboxylic acid groups (broad SMARTS) is 1. The van der Waals surface area contributed by atoms with Crippen LogP contribution >= 0.6 is 0 Å². The van der Waals surface area contributed by atoms with Crippen LogP contribution in [0.1, 0.15) is 30.1 Å². The van der Waals surface area contributed by atoms with Gasteiger partial charge >= 0.3 is 5.97 Å². The molecule has 1 saturated heterocycles. The molecule has 24 heavy (non-hydrogen) atoms. The van der Waals surface area contributed by atoms with Crippen molar-refractivity contribution in [3.8, 4) is 0 Å². The number of amides is 1. The average Bonchev–Trinajstić information content (AvgIpc) is 3.00. The molecule has 1 amide bonds. The first kappa shape index (κ1) is 16.4. The van der Waals surface area contributed by atoms with Crippen LogP contribution in [0.25, 0.3) is 0 Å². The number of hydrogen-bond donors (Lipinski definition) is 1. The second-order valence-electron chi connectivity index (χ2n) is 6.10. The van der Waals surface area contributed by atoms with Crippen molar-refractivity contribution in [2.24, 2.45) is 5.10 Å². The predicted molar refractivity (Wildman–Crippen MR) is 89.4 cm³/mol. The Balaban J connectivity index is 1.65. The standard InChI is InChI=1S/C17H21N3O4/c1-12-6-7-20(18-12)14-4-2-13(3-5-14)17(23)19-8-9-24-15(11-19)10-16(21)22/h2-5,15H,6-11H2,1H3,(H,21,22). The SMILES string of the molecule is CC1=NN(c2ccc(C(=O)N3CCOC(CC(=O)O)C3)cc2)CC1. The lowest BCUT2D eigenvalue weighted by Gasteiger charge is -2.32. The van der Waals surface area contributed by atoms with Gasteiger partial charge in [-0.15, -0.1) is 0 Å². The van der Waals surface area contributed by atoms with E-state index in [4.69, 9.17) is 9.84 Å². The minimum Gasteiger partial charge on any atom is -0.481 e. The molecule has 7 nitrogen and oxygen atoms in total. The molecule has 7 heteroatoms. The molecule has 2 aliphatic heterocycles. The van der Waals surface area contributed by atoms with E-state index in [1.807, 2.05) is 24.1 Å². The molecule has 0 bridgehead atoms. The summed E-state index contributed by atoms with van der Waals surface area (Å²) in [7, 11) is 0. The number of rotatable bonds is 4. The van der Waals surface area contributed by atoms with Crippen molar-refractivity contribution >= 4 is 23.3 Å². The van der Waals surface area contributed by atoms with Gasteiger partial charge < -0.3 is 14.7 Å². The zero-order valence-electron chi connectivity index (χ0n) is 13.6. The highest BCUT2D eigenvalue weighted by Gasteiger charge is 2.26. The number of anilines is 1. The highest BCUT2D eigenvalue weighted by molar-refractivity contribution is 5.94. The van der Waals surface area contributed by atoms with Gasteiger partial charge in [-0.1, -0.05) is 0 Å². The number of nitrogens with zero attached hydrogens (tertiary/aromatic N) is 3. The number of benzene rings is 1. The second-order valence-corrected chi connectivity index (χ2v) is 6.10. The van der Waals surface area contributed by atoms with Gasteiger partial charge in [0.15, 0.2) is 0 Å². The number of aliphatic carboxylic acids is 1. The van der Waals surface area contributed by atoms with Crippen LogP contribution in [0.3, 0.4) is 0 Å². The summed E-state index contributed by atoms with van der Waals surface area (Å²) in [5.74, 6) is -1.01. The number of carboxylic acids is 1. The summed E-state index contributed by atoms with van der Waals surface area (Å²) in [6.07, 6.45) is 0.426. The molecule has 3 rings (SSSR count). The van der Waals surface area contributed by atoms with Gasteiger partial charge in [-0.2, -0.15) is 5.10 Å². The Morgan fingerprint density at radius 3 is 2.67 bits per heavy atom. The Bertz CT molecular complexity index is 656. The van der Waals surface area contributed by atoms with Crippen LogP contribution in [0, 0.1) is 0 Å². The molecule has 0 radical (unpaired) electrons. The maximum Gasteiger partial charge on any atom is 0.306 e. The summed E-state index contributed by atoms with van der Waals surface area (Å²) >= 11 is 0. The predicted octanol–water partition coefficient (Wildman–Crippen LogP) is 1.59. The molecule has 1 atom stereocenters. The zero-order chi connectivity index (χ0) is 17.1. The topological polar surface area (TPSA) is 82.4 Å². The Labute approximate surface area is 140 Å². The third-order valence-corrected chi connectivity index (χ3v) is 4.22. The molecular formula is C17H21N3O4. The van der Waals surface area contributed by atoms with Crippen LogP contribution < -0.4 is 5.01 Å². The van der Waals surface area contributed by atoms with Crippen LogP contribution in [0.15, 0.2) is 29.4 Å². The number of hydrazone groups is 1. The lowest BCUT2D eigenvalue weighted by molar-refractivity contribution is -0.141. The molecule has 1 fully saturated rings. The summed E-state index contributed by atoms with van der Waals surface area (Å²) in [5.41, 5.74) is 2.66. The van der Waals surface area contributed by atoms with E-state index in [1.54, 1.807) is 17.0 Å². The Morgan fingerprint density at radius 2 is 2.04 bits per heavy atom. The largest absolute Gasteiger partial charge is 0.481 e. The van der Waals surface area contributed by atoms with Crippen molar-refractivity contribution in [1.29, 1.82) is 0 Å². The van der Waals surface area contributed by atoms with Gasteiger partial charge in [0.2, 0.25) is 0 Å². The van der Waals surface area contributed by atoms with Crippen molar-refractivity contribution in [2.75, 3.05) is 31.3 Å². The lowest BCUT2D eigenvalue weighted by atomic mass is 10.1. The third kappa shape index (κ3) is 3.73. The minimum atomic E-state index is -0.917. The monoisotopic (exact) mass is 331 g/mol. The summed E-state index contributed by atoms with van der Waals surface area (Å²) in [5, 5.41) is 15.2. The molecule has 1 aromatic rings. The van der Waals surface area contributed by atoms with Gasteiger partial charge in [0, 0.05) is 37.3 Å². The first-order valence-electron chi connectivity index (χ1n) is 8.07.